The lowest BCUT2D eigenvalue weighted by Crippen LogP contribution is -2.47. The number of benzene rings is 6. The first-order chi connectivity index (χ1) is 30.2. The Morgan fingerprint density at radius 3 is 2.21 bits per heavy atom. The number of nitrogens with one attached hydrogen (secondary N) is 2. The quantitative estimate of drug-likeness (QED) is 0.0824. The molecule has 1 aliphatic heterocycles. The molecule has 2 heterocycles. The van der Waals surface area contributed by atoms with Gasteiger partial charge >= 0.3 is 0 Å². The molecule has 0 unspecified atom stereocenters. The van der Waals surface area contributed by atoms with E-state index in [-0.39, 0.29) is 36.7 Å². The maximum atomic E-state index is 13.8. The molecule has 12 nitrogen and oxygen atoms in total. The van der Waals surface area contributed by atoms with Crippen LogP contribution in [-0.4, -0.2) is 57.5 Å². The van der Waals surface area contributed by atoms with Crippen LogP contribution in [0.1, 0.15) is 52.2 Å². The number of carbonyl (C=O) groups is 1. The summed E-state index contributed by atoms with van der Waals surface area (Å²) in [6.07, 6.45) is -0.374. The molecule has 14 heteroatoms. The molecular formula is C48H46N6O6S2. The van der Waals surface area contributed by atoms with Gasteiger partial charge in [0.2, 0.25) is 21.1 Å². The van der Waals surface area contributed by atoms with E-state index in [0.717, 1.165) is 50.2 Å². The molecule has 7 aromatic rings. The number of aryl methyl sites for hydroxylation is 1. The Kier molecular flexibility index (Phi) is 13.6. The fraction of sp³-hybridized carbons (Fsp3) is 0.208. The van der Waals surface area contributed by atoms with Gasteiger partial charge in [0, 0.05) is 24.3 Å². The van der Waals surface area contributed by atoms with Crippen molar-refractivity contribution in [3.8, 4) is 16.8 Å². The number of carbonyl (C=O) groups excluding carboxylic acids is 1. The van der Waals surface area contributed by atoms with Crippen molar-refractivity contribution in [1.29, 1.82) is 0 Å². The molecule has 1 aliphatic rings. The molecule has 62 heavy (non-hydrogen) atoms. The van der Waals surface area contributed by atoms with Gasteiger partial charge in [-0.15, -0.1) is 5.10 Å². The number of amides is 1. The number of para-hydroxylation sites is 1. The fourth-order valence-electron chi connectivity index (χ4n) is 7.28. The molecule has 1 fully saturated rings. The van der Waals surface area contributed by atoms with Crippen molar-refractivity contribution in [3.63, 3.8) is 0 Å². The number of aliphatic hydroxyl groups excluding tert-OH is 1. The highest BCUT2D eigenvalue weighted by molar-refractivity contribution is 7.99. The largest absolute Gasteiger partial charge is 0.392 e. The number of ether oxygens (including phenoxy) is 2. The highest BCUT2D eigenvalue weighted by Crippen LogP contribution is 2.40. The summed E-state index contributed by atoms with van der Waals surface area (Å²) in [5.74, 6) is 0.140. The second-order valence-corrected chi connectivity index (χ2v) is 17.7. The summed E-state index contributed by atoms with van der Waals surface area (Å²) in [6, 6.07) is 48.1. The van der Waals surface area contributed by atoms with Crippen LogP contribution in [0.5, 0.6) is 0 Å². The number of sulfonamides is 1. The van der Waals surface area contributed by atoms with Gasteiger partial charge in [0.1, 0.15) is 6.04 Å². The van der Waals surface area contributed by atoms with E-state index in [1.165, 1.54) is 23.9 Å². The normalized spacial score (nSPS) is 17.0. The third kappa shape index (κ3) is 10.5. The Morgan fingerprint density at radius 2 is 1.48 bits per heavy atom. The molecule has 0 spiro atoms. The number of nitrogens with zero attached hydrogens (tertiary/aromatic N) is 4. The minimum Gasteiger partial charge on any atom is -0.392 e. The zero-order valence-electron chi connectivity index (χ0n) is 33.9. The second-order valence-electron chi connectivity index (χ2n) is 15.0. The van der Waals surface area contributed by atoms with E-state index in [4.69, 9.17) is 9.47 Å². The van der Waals surface area contributed by atoms with Crippen LogP contribution in [-0.2, 0) is 43.9 Å². The zero-order chi connectivity index (χ0) is 42.9. The van der Waals surface area contributed by atoms with E-state index in [2.05, 4.69) is 25.6 Å². The first-order valence-electron chi connectivity index (χ1n) is 20.3. The van der Waals surface area contributed by atoms with Crippen LogP contribution in [0.3, 0.4) is 0 Å². The minimum atomic E-state index is -3.99. The molecule has 1 amide bonds. The lowest BCUT2D eigenvalue weighted by Gasteiger charge is -2.36. The summed E-state index contributed by atoms with van der Waals surface area (Å²) in [7, 11) is -3.99. The number of hydrogen-bond acceptors (Lipinski definition) is 10. The van der Waals surface area contributed by atoms with Crippen molar-refractivity contribution in [2.75, 3.05) is 5.75 Å². The average Bonchev–Trinajstić information content (AvgIpc) is 3.79. The van der Waals surface area contributed by atoms with Crippen molar-refractivity contribution in [1.82, 2.24) is 30.2 Å². The van der Waals surface area contributed by atoms with Gasteiger partial charge < -0.3 is 19.9 Å². The number of rotatable bonds is 16. The Morgan fingerprint density at radius 1 is 0.806 bits per heavy atom. The molecule has 6 aromatic carbocycles. The Balaban J connectivity index is 0.981. The van der Waals surface area contributed by atoms with E-state index in [0.29, 0.717) is 17.3 Å². The molecular weight excluding hydrogens is 821 g/mol. The molecule has 3 N–H and O–H groups in total. The van der Waals surface area contributed by atoms with Crippen LogP contribution < -0.4 is 10.0 Å². The Bertz CT molecular complexity index is 2670. The molecule has 0 aliphatic carbocycles. The van der Waals surface area contributed by atoms with Crippen LogP contribution in [0.4, 0.5) is 0 Å². The standard InChI is InChI=1S/C48H46N6O6S2/c1-33-16-26-42(27-17-33)62(57,58)51-44(28-34-10-4-2-5-11-34)46(56)49-30-39-12-8-9-15-43(39)36-22-24-38(25-23-36)47-59-41(29-45(60-47)37-20-18-35(31-55)19-21-37)32-61-48-50-52-53-54(48)40-13-6-3-7-14-40/h2-27,41,44-45,47,51,55H,28-32H2,1H3,(H,49,56)/t41-,44-,45+,47+/m1/s1. The maximum absolute atomic E-state index is 13.8. The summed E-state index contributed by atoms with van der Waals surface area (Å²) >= 11 is 1.52. The molecule has 1 aromatic heterocycles. The third-order valence-electron chi connectivity index (χ3n) is 10.6. The van der Waals surface area contributed by atoms with Crippen molar-refractivity contribution >= 4 is 27.7 Å². The molecule has 8 rings (SSSR count). The molecule has 0 bridgehead atoms. The summed E-state index contributed by atoms with van der Waals surface area (Å²) < 4.78 is 44.5. The first kappa shape index (κ1) is 42.7. The van der Waals surface area contributed by atoms with Crippen molar-refractivity contribution in [2.45, 2.75) is 67.5 Å². The van der Waals surface area contributed by atoms with Crippen molar-refractivity contribution in [3.05, 3.63) is 191 Å². The Hall–Kier alpha value is -6.00. The van der Waals surface area contributed by atoms with Gasteiger partial charge in [0.15, 0.2) is 6.29 Å². The highest BCUT2D eigenvalue weighted by atomic mass is 32.2. The smallest absolute Gasteiger partial charge is 0.241 e. The zero-order valence-corrected chi connectivity index (χ0v) is 35.6. The lowest BCUT2D eigenvalue weighted by molar-refractivity contribution is -0.245. The van der Waals surface area contributed by atoms with Gasteiger partial charge in [-0.05, 0) is 81.4 Å². The van der Waals surface area contributed by atoms with Gasteiger partial charge in [0.05, 0.1) is 29.4 Å². The summed E-state index contributed by atoms with van der Waals surface area (Å²) in [4.78, 5) is 13.9. The molecule has 0 radical (unpaired) electrons. The van der Waals surface area contributed by atoms with E-state index < -0.39 is 28.3 Å². The monoisotopic (exact) mass is 866 g/mol. The Labute approximate surface area is 365 Å². The number of aliphatic hydroxyl groups is 1. The van der Waals surface area contributed by atoms with Crippen LogP contribution in [0, 0.1) is 6.92 Å². The lowest BCUT2D eigenvalue weighted by atomic mass is 9.97. The van der Waals surface area contributed by atoms with E-state index >= 15 is 0 Å². The molecule has 1 saturated heterocycles. The summed E-state index contributed by atoms with van der Waals surface area (Å²) in [6.45, 7) is 2.02. The van der Waals surface area contributed by atoms with Gasteiger partial charge in [-0.1, -0.05) is 151 Å². The average molecular weight is 867 g/mol. The fourth-order valence-corrected chi connectivity index (χ4v) is 9.39. The highest BCUT2D eigenvalue weighted by Gasteiger charge is 2.33. The predicted molar refractivity (Wildman–Crippen MR) is 237 cm³/mol. The number of hydrogen-bond donors (Lipinski definition) is 3. The predicted octanol–water partition coefficient (Wildman–Crippen LogP) is 7.67. The third-order valence-corrected chi connectivity index (χ3v) is 13.2. The molecule has 4 atom stereocenters. The molecule has 316 valence electrons. The summed E-state index contributed by atoms with van der Waals surface area (Å²) in [5, 5.41) is 25.7. The van der Waals surface area contributed by atoms with Crippen LogP contribution in [0.15, 0.2) is 168 Å². The topological polar surface area (TPSA) is 158 Å². The SMILES string of the molecule is Cc1ccc(S(=O)(=O)N[C@H](Cc2ccccc2)C(=O)NCc2ccccc2-c2ccc([C@H]3O[C@@H](CSc4nnnn4-c4ccccc4)C[C@@H](c4ccc(CO)cc4)O3)cc2)cc1. The first-order valence-corrected chi connectivity index (χ1v) is 22.8. The van der Waals surface area contributed by atoms with E-state index in [1.54, 1.807) is 16.8 Å². The van der Waals surface area contributed by atoms with Crippen molar-refractivity contribution < 1.29 is 27.8 Å². The molecule has 0 saturated carbocycles. The maximum Gasteiger partial charge on any atom is 0.241 e. The van der Waals surface area contributed by atoms with E-state index in [9.17, 15) is 18.3 Å². The van der Waals surface area contributed by atoms with Crippen LogP contribution in [0.2, 0.25) is 0 Å². The van der Waals surface area contributed by atoms with Gasteiger partial charge in [-0.3, -0.25) is 4.79 Å². The van der Waals surface area contributed by atoms with Crippen LogP contribution in [0.25, 0.3) is 16.8 Å². The van der Waals surface area contributed by atoms with Gasteiger partial charge in [-0.2, -0.15) is 9.40 Å². The van der Waals surface area contributed by atoms with Crippen LogP contribution >= 0.6 is 11.8 Å². The van der Waals surface area contributed by atoms with E-state index in [1.807, 2.05) is 140 Å². The minimum absolute atomic E-state index is 0.0420. The second kappa shape index (κ2) is 19.8. The van der Waals surface area contributed by atoms with Gasteiger partial charge in [-0.25, -0.2) is 8.42 Å². The van der Waals surface area contributed by atoms with Gasteiger partial charge in [0.25, 0.3) is 0 Å². The number of aromatic nitrogens is 4. The number of thioether (sulfide) groups is 1. The van der Waals surface area contributed by atoms with Crippen molar-refractivity contribution in [2.24, 2.45) is 0 Å². The summed E-state index contributed by atoms with van der Waals surface area (Å²) in [5.41, 5.74) is 7.97. The number of tetrazole rings is 1.